The van der Waals surface area contributed by atoms with Crippen molar-refractivity contribution in [2.75, 3.05) is 11.9 Å². The molecule has 0 aliphatic carbocycles. The van der Waals surface area contributed by atoms with Crippen molar-refractivity contribution in [3.8, 4) is 0 Å². The Morgan fingerprint density at radius 2 is 2.08 bits per heavy atom. The third-order valence-corrected chi connectivity index (χ3v) is 4.33. The van der Waals surface area contributed by atoms with Crippen LogP contribution in [-0.2, 0) is 25.9 Å². The number of hydrogen-bond acceptors (Lipinski definition) is 5. The summed E-state index contributed by atoms with van der Waals surface area (Å²) >= 11 is 0. The second-order valence-corrected chi connectivity index (χ2v) is 6.00. The van der Waals surface area contributed by atoms with Gasteiger partial charge in [-0.05, 0) is 12.8 Å². The highest BCUT2D eigenvalue weighted by Crippen LogP contribution is 2.34. The predicted molar refractivity (Wildman–Crippen MR) is 81.4 cm³/mol. The fourth-order valence-electron chi connectivity index (χ4n) is 2.85. The maximum atomic E-state index is 13.0. The average Bonchev–Trinajstić information content (AvgIpc) is 2.96. The van der Waals surface area contributed by atoms with Crippen LogP contribution in [0.25, 0.3) is 0 Å². The molecule has 1 aliphatic rings. The fourth-order valence-corrected chi connectivity index (χ4v) is 2.85. The summed E-state index contributed by atoms with van der Waals surface area (Å²) in [7, 11) is 1.83. The van der Waals surface area contributed by atoms with E-state index in [1.807, 2.05) is 24.9 Å². The van der Waals surface area contributed by atoms with E-state index in [9.17, 15) is 13.2 Å². The molecule has 0 bridgehead atoms. The molecule has 130 valence electrons. The number of halogens is 3. The summed E-state index contributed by atoms with van der Waals surface area (Å²) in [5, 5.41) is 8.12. The van der Waals surface area contributed by atoms with E-state index in [1.54, 1.807) is 4.57 Å². The van der Waals surface area contributed by atoms with Gasteiger partial charge < -0.3 is 9.47 Å². The Balaban J connectivity index is 1.78. The second-order valence-electron chi connectivity index (χ2n) is 6.00. The van der Waals surface area contributed by atoms with Crippen molar-refractivity contribution < 1.29 is 13.2 Å². The van der Waals surface area contributed by atoms with E-state index in [0.717, 1.165) is 12.1 Å². The lowest BCUT2D eigenvalue weighted by atomic mass is 9.99. The summed E-state index contributed by atoms with van der Waals surface area (Å²) in [6, 6.07) is 1.87. The van der Waals surface area contributed by atoms with Gasteiger partial charge in [0.1, 0.15) is 18.0 Å². The van der Waals surface area contributed by atoms with Crippen LogP contribution < -0.4 is 4.90 Å². The molecule has 24 heavy (non-hydrogen) atoms. The van der Waals surface area contributed by atoms with Gasteiger partial charge in [0, 0.05) is 31.8 Å². The van der Waals surface area contributed by atoms with Crippen LogP contribution in [-0.4, -0.2) is 38.0 Å². The lowest BCUT2D eigenvalue weighted by molar-refractivity contribution is -0.182. The molecule has 0 saturated heterocycles. The number of anilines is 1. The Morgan fingerprint density at radius 3 is 2.79 bits per heavy atom. The summed E-state index contributed by atoms with van der Waals surface area (Å²) in [5.41, 5.74) is 0.909. The normalized spacial score (nSPS) is 17.6. The Bertz CT molecular complexity index is 711. The quantitative estimate of drug-likeness (QED) is 0.855. The van der Waals surface area contributed by atoms with Crippen LogP contribution >= 0.6 is 0 Å². The van der Waals surface area contributed by atoms with Crippen molar-refractivity contribution in [3.63, 3.8) is 0 Å². The first-order valence-corrected chi connectivity index (χ1v) is 7.88. The highest BCUT2D eigenvalue weighted by Gasteiger charge is 2.42. The largest absolute Gasteiger partial charge is 0.393 e. The van der Waals surface area contributed by atoms with Crippen molar-refractivity contribution in [3.05, 3.63) is 29.7 Å². The topological polar surface area (TPSA) is 59.7 Å². The van der Waals surface area contributed by atoms with Gasteiger partial charge in [0.25, 0.3) is 0 Å². The molecule has 1 unspecified atom stereocenters. The number of alkyl halides is 3. The Kier molecular flexibility index (Phi) is 4.42. The van der Waals surface area contributed by atoms with E-state index in [1.165, 1.54) is 6.33 Å². The van der Waals surface area contributed by atoms with Crippen LogP contribution in [0.15, 0.2) is 12.4 Å². The molecule has 1 aliphatic heterocycles. The molecule has 0 N–H and O–H groups in total. The van der Waals surface area contributed by atoms with Gasteiger partial charge in [0.2, 0.25) is 0 Å². The van der Waals surface area contributed by atoms with Crippen molar-refractivity contribution >= 4 is 5.82 Å². The number of aryl methyl sites for hydroxylation is 2. The Hall–Kier alpha value is -2.19. The number of nitrogens with zero attached hydrogens (tertiary/aromatic N) is 6. The molecule has 0 saturated carbocycles. The van der Waals surface area contributed by atoms with E-state index in [-0.39, 0.29) is 13.0 Å². The lowest BCUT2D eigenvalue weighted by Crippen LogP contribution is -2.33. The van der Waals surface area contributed by atoms with Crippen LogP contribution in [0.3, 0.4) is 0 Å². The predicted octanol–water partition coefficient (Wildman–Crippen LogP) is 2.39. The van der Waals surface area contributed by atoms with Crippen molar-refractivity contribution in [2.24, 2.45) is 5.92 Å². The first-order valence-electron chi connectivity index (χ1n) is 7.88. The van der Waals surface area contributed by atoms with Gasteiger partial charge in [-0.3, -0.25) is 0 Å². The first-order chi connectivity index (χ1) is 11.4. The number of fused-ring (bicyclic) bond motifs is 1. The molecule has 2 aromatic rings. The molecular formula is C15H19F3N6. The standard InChI is InChI=1S/C15H19F3N6/c1-3-11-6-13(20-9-19-11)23(2)8-14-22-21-12-5-4-10(7-24(12)14)15(16,17)18/h6,9-10H,3-5,7-8H2,1-2H3. The molecule has 0 amide bonds. The number of aromatic nitrogens is 5. The molecule has 3 heterocycles. The second kappa shape index (κ2) is 6.37. The Morgan fingerprint density at radius 1 is 1.29 bits per heavy atom. The van der Waals surface area contributed by atoms with E-state index < -0.39 is 12.1 Å². The van der Waals surface area contributed by atoms with Crippen LogP contribution in [0, 0.1) is 5.92 Å². The van der Waals surface area contributed by atoms with Crippen molar-refractivity contribution in [1.29, 1.82) is 0 Å². The summed E-state index contributed by atoms with van der Waals surface area (Å²) in [5.74, 6) is 0.520. The third-order valence-electron chi connectivity index (χ3n) is 4.33. The lowest BCUT2D eigenvalue weighted by Gasteiger charge is -2.27. The zero-order valence-corrected chi connectivity index (χ0v) is 13.6. The minimum atomic E-state index is -4.19. The van der Waals surface area contributed by atoms with Gasteiger partial charge in [-0.15, -0.1) is 10.2 Å². The average molecular weight is 340 g/mol. The summed E-state index contributed by atoms with van der Waals surface area (Å²) < 4.78 is 40.6. The first kappa shape index (κ1) is 16.7. The van der Waals surface area contributed by atoms with Gasteiger partial charge in [0.15, 0.2) is 5.82 Å². The maximum Gasteiger partial charge on any atom is 0.393 e. The van der Waals surface area contributed by atoms with Crippen LogP contribution in [0.5, 0.6) is 0 Å². The van der Waals surface area contributed by atoms with Crippen molar-refractivity contribution in [1.82, 2.24) is 24.7 Å². The number of hydrogen-bond donors (Lipinski definition) is 0. The molecular weight excluding hydrogens is 321 g/mol. The summed E-state index contributed by atoms with van der Waals surface area (Å²) in [6.07, 6.45) is -1.54. The zero-order chi connectivity index (χ0) is 17.3. The van der Waals surface area contributed by atoms with Crippen LogP contribution in [0.1, 0.15) is 30.7 Å². The van der Waals surface area contributed by atoms with E-state index in [0.29, 0.717) is 30.4 Å². The SMILES string of the molecule is CCc1cc(N(C)Cc2nnc3n2CC(C(F)(F)F)CC3)ncn1. The molecule has 0 aromatic carbocycles. The third kappa shape index (κ3) is 3.34. The maximum absolute atomic E-state index is 13.0. The molecule has 6 nitrogen and oxygen atoms in total. The van der Waals surface area contributed by atoms with Gasteiger partial charge in [0.05, 0.1) is 12.5 Å². The van der Waals surface area contributed by atoms with Gasteiger partial charge in [-0.2, -0.15) is 13.2 Å². The molecule has 3 rings (SSSR count). The van der Waals surface area contributed by atoms with E-state index in [4.69, 9.17) is 0 Å². The van der Waals surface area contributed by atoms with Gasteiger partial charge in [-0.1, -0.05) is 6.92 Å². The molecule has 1 atom stereocenters. The van der Waals surface area contributed by atoms with E-state index in [2.05, 4.69) is 20.2 Å². The van der Waals surface area contributed by atoms with Crippen molar-refractivity contribution in [2.45, 2.75) is 45.5 Å². The van der Waals surface area contributed by atoms with E-state index >= 15 is 0 Å². The zero-order valence-electron chi connectivity index (χ0n) is 13.6. The minimum Gasteiger partial charge on any atom is -0.352 e. The monoisotopic (exact) mass is 340 g/mol. The minimum absolute atomic E-state index is 0.0727. The molecule has 0 radical (unpaired) electrons. The van der Waals surface area contributed by atoms with Crippen LogP contribution in [0.4, 0.5) is 19.0 Å². The van der Waals surface area contributed by atoms with Crippen LogP contribution in [0.2, 0.25) is 0 Å². The molecule has 0 fully saturated rings. The molecule has 2 aromatic heterocycles. The van der Waals surface area contributed by atoms with Gasteiger partial charge >= 0.3 is 6.18 Å². The number of rotatable bonds is 4. The highest BCUT2D eigenvalue weighted by atomic mass is 19.4. The Labute approximate surface area is 137 Å². The fraction of sp³-hybridized carbons (Fsp3) is 0.600. The highest BCUT2D eigenvalue weighted by molar-refractivity contribution is 5.38. The molecule has 9 heteroatoms. The summed E-state index contributed by atoms with van der Waals surface area (Å²) in [6.45, 7) is 2.23. The van der Waals surface area contributed by atoms with Gasteiger partial charge in [-0.25, -0.2) is 9.97 Å². The smallest absolute Gasteiger partial charge is 0.352 e. The summed E-state index contributed by atoms with van der Waals surface area (Å²) in [4.78, 5) is 10.2. The molecule has 0 spiro atoms.